The van der Waals surface area contributed by atoms with Crippen LogP contribution in [0.5, 0.6) is 0 Å². The Morgan fingerprint density at radius 2 is 1.64 bits per heavy atom. The molecule has 0 saturated carbocycles. The van der Waals surface area contributed by atoms with Crippen LogP contribution in [0.3, 0.4) is 0 Å². The molecule has 0 spiro atoms. The summed E-state index contributed by atoms with van der Waals surface area (Å²) in [6.45, 7) is 5.60. The van der Waals surface area contributed by atoms with Gasteiger partial charge in [-0.05, 0) is 5.41 Å². The summed E-state index contributed by atoms with van der Waals surface area (Å²) >= 11 is 0. The Morgan fingerprint density at radius 3 is 2.07 bits per heavy atom. The van der Waals surface area contributed by atoms with Crippen LogP contribution in [-0.2, 0) is 0 Å². The second-order valence-electron chi connectivity index (χ2n) is 4.43. The van der Waals surface area contributed by atoms with Crippen molar-refractivity contribution in [3.8, 4) is 0 Å². The molecule has 1 heterocycles. The van der Waals surface area contributed by atoms with Crippen LogP contribution in [0.4, 0.5) is 0 Å². The van der Waals surface area contributed by atoms with Gasteiger partial charge in [0.05, 0.1) is 6.10 Å². The second kappa shape index (κ2) is 4.02. The van der Waals surface area contributed by atoms with Crippen molar-refractivity contribution in [2.75, 3.05) is 0 Å². The van der Waals surface area contributed by atoms with E-state index < -0.39 is 12.2 Å². The lowest BCUT2D eigenvalue weighted by Gasteiger charge is -2.29. The molecule has 2 N–H and O–H groups in total. The van der Waals surface area contributed by atoms with Gasteiger partial charge in [-0.2, -0.15) is 0 Å². The highest BCUT2D eigenvalue weighted by atomic mass is 16.3. The highest BCUT2D eigenvalue weighted by molar-refractivity contribution is 5.09. The summed E-state index contributed by atoms with van der Waals surface area (Å²) in [5.41, 5.74) is 0.171. The van der Waals surface area contributed by atoms with E-state index in [1.54, 1.807) is 0 Å². The Bertz CT molecular complexity index is 282. The average Bonchev–Trinajstić information content (AvgIpc) is 2.15. The maximum atomic E-state index is 9.80. The molecule has 4 nitrogen and oxygen atoms in total. The Kier molecular flexibility index (Phi) is 3.18. The van der Waals surface area contributed by atoms with E-state index in [4.69, 9.17) is 0 Å². The van der Waals surface area contributed by atoms with Gasteiger partial charge >= 0.3 is 0 Å². The van der Waals surface area contributed by atoms with Crippen molar-refractivity contribution in [2.24, 2.45) is 5.41 Å². The Morgan fingerprint density at radius 1 is 1.14 bits per heavy atom. The second-order valence-corrected chi connectivity index (χ2v) is 4.43. The average molecular weight is 196 g/mol. The molecular formula is C10H16N2O2. The zero-order valence-corrected chi connectivity index (χ0v) is 8.68. The highest BCUT2D eigenvalue weighted by Gasteiger charge is 2.30. The van der Waals surface area contributed by atoms with Crippen LogP contribution < -0.4 is 0 Å². The molecule has 0 radical (unpaired) electrons. The molecule has 2 atom stereocenters. The van der Waals surface area contributed by atoms with Crippen molar-refractivity contribution in [2.45, 2.75) is 33.0 Å². The minimum absolute atomic E-state index is 0.366. The molecule has 0 aliphatic heterocycles. The number of aliphatic hydroxyl groups excluding tert-OH is 2. The summed E-state index contributed by atoms with van der Waals surface area (Å²) in [4.78, 5) is 7.58. The molecule has 0 bridgehead atoms. The number of aliphatic hydroxyl groups is 2. The number of hydrogen-bond donors (Lipinski definition) is 2. The van der Waals surface area contributed by atoms with Gasteiger partial charge in [0, 0.05) is 18.0 Å². The van der Waals surface area contributed by atoms with E-state index >= 15 is 0 Å². The quantitative estimate of drug-likeness (QED) is 0.738. The van der Waals surface area contributed by atoms with E-state index in [2.05, 4.69) is 9.97 Å². The van der Waals surface area contributed by atoms with Gasteiger partial charge in [0.2, 0.25) is 0 Å². The monoisotopic (exact) mass is 196 g/mol. The molecule has 0 aliphatic carbocycles. The molecule has 14 heavy (non-hydrogen) atoms. The van der Waals surface area contributed by atoms with Gasteiger partial charge in [-0.3, -0.25) is 0 Å². The van der Waals surface area contributed by atoms with Gasteiger partial charge in [-0.15, -0.1) is 0 Å². The van der Waals surface area contributed by atoms with E-state index in [-0.39, 0.29) is 5.41 Å². The smallest absolute Gasteiger partial charge is 0.115 e. The van der Waals surface area contributed by atoms with E-state index in [1.165, 1.54) is 18.7 Å². The first-order chi connectivity index (χ1) is 6.43. The maximum absolute atomic E-state index is 9.80. The van der Waals surface area contributed by atoms with Crippen LogP contribution in [0.2, 0.25) is 0 Å². The highest BCUT2D eigenvalue weighted by Crippen LogP contribution is 2.29. The summed E-state index contributed by atoms with van der Waals surface area (Å²) in [5, 5.41) is 19.6. The first-order valence-electron chi connectivity index (χ1n) is 4.54. The van der Waals surface area contributed by atoms with Crippen LogP contribution in [-0.4, -0.2) is 26.3 Å². The van der Waals surface area contributed by atoms with Crippen molar-refractivity contribution in [3.05, 3.63) is 24.3 Å². The van der Waals surface area contributed by atoms with Crippen LogP contribution in [0.15, 0.2) is 18.7 Å². The van der Waals surface area contributed by atoms with E-state index in [0.29, 0.717) is 5.56 Å². The first-order valence-corrected chi connectivity index (χ1v) is 4.54. The topological polar surface area (TPSA) is 66.2 Å². The van der Waals surface area contributed by atoms with Gasteiger partial charge in [-0.25, -0.2) is 9.97 Å². The fraction of sp³-hybridized carbons (Fsp3) is 0.600. The lowest BCUT2D eigenvalue weighted by atomic mass is 9.84. The summed E-state index contributed by atoms with van der Waals surface area (Å²) in [5.74, 6) is 0. The SMILES string of the molecule is CC(C)(C)C(O)C(O)c1cncnc1. The Balaban J connectivity index is 2.81. The summed E-state index contributed by atoms with van der Waals surface area (Å²) < 4.78 is 0. The maximum Gasteiger partial charge on any atom is 0.115 e. The van der Waals surface area contributed by atoms with Crippen molar-refractivity contribution >= 4 is 0 Å². The van der Waals surface area contributed by atoms with Gasteiger partial charge in [-0.1, -0.05) is 20.8 Å². The molecule has 0 aliphatic rings. The predicted molar refractivity (Wildman–Crippen MR) is 52.5 cm³/mol. The molecule has 0 amide bonds. The molecule has 4 heteroatoms. The summed E-state index contributed by atoms with van der Waals surface area (Å²) in [6.07, 6.45) is 2.64. The lowest BCUT2D eigenvalue weighted by Crippen LogP contribution is -2.32. The summed E-state index contributed by atoms with van der Waals surface area (Å²) in [6, 6.07) is 0. The number of aromatic nitrogens is 2. The van der Waals surface area contributed by atoms with Crippen molar-refractivity contribution in [1.82, 2.24) is 9.97 Å². The molecule has 2 unspecified atom stereocenters. The van der Waals surface area contributed by atoms with Gasteiger partial charge in [0.15, 0.2) is 0 Å². The number of hydrogen-bond acceptors (Lipinski definition) is 4. The van der Waals surface area contributed by atoms with Crippen molar-refractivity contribution in [3.63, 3.8) is 0 Å². The molecule has 1 aromatic rings. The molecular weight excluding hydrogens is 180 g/mol. The third-order valence-electron chi connectivity index (χ3n) is 2.11. The fourth-order valence-electron chi connectivity index (χ4n) is 1.12. The summed E-state index contributed by atoms with van der Waals surface area (Å²) in [7, 11) is 0. The molecule has 1 rings (SSSR count). The van der Waals surface area contributed by atoms with Crippen LogP contribution in [0, 0.1) is 5.41 Å². The minimum atomic E-state index is -0.934. The lowest BCUT2D eigenvalue weighted by molar-refractivity contribution is -0.0461. The molecule has 0 fully saturated rings. The van der Waals surface area contributed by atoms with Gasteiger partial charge in [0.25, 0.3) is 0 Å². The van der Waals surface area contributed by atoms with Crippen molar-refractivity contribution in [1.29, 1.82) is 0 Å². The number of nitrogens with zero attached hydrogens (tertiary/aromatic N) is 2. The van der Waals surface area contributed by atoms with Crippen LogP contribution >= 0.6 is 0 Å². The van der Waals surface area contributed by atoms with Crippen LogP contribution in [0.25, 0.3) is 0 Å². The fourth-order valence-corrected chi connectivity index (χ4v) is 1.12. The Hall–Kier alpha value is -1.00. The molecule has 1 aromatic heterocycles. The third-order valence-corrected chi connectivity index (χ3v) is 2.11. The van der Waals surface area contributed by atoms with Gasteiger partial charge in [0.1, 0.15) is 12.4 Å². The Labute approximate surface area is 83.6 Å². The molecule has 78 valence electrons. The minimum Gasteiger partial charge on any atom is -0.390 e. The van der Waals surface area contributed by atoms with Gasteiger partial charge < -0.3 is 10.2 Å². The normalized spacial score (nSPS) is 16.4. The van der Waals surface area contributed by atoms with E-state index in [0.717, 1.165) is 0 Å². The first kappa shape index (κ1) is 11.1. The third kappa shape index (κ3) is 2.49. The van der Waals surface area contributed by atoms with E-state index in [1.807, 2.05) is 20.8 Å². The predicted octanol–water partition coefficient (Wildman–Crippen LogP) is 0.917. The number of rotatable bonds is 2. The van der Waals surface area contributed by atoms with Crippen LogP contribution in [0.1, 0.15) is 32.4 Å². The zero-order chi connectivity index (χ0) is 10.8. The molecule has 0 saturated heterocycles. The van der Waals surface area contributed by atoms with Crippen molar-refractivity contribution < 1.29 is 10.2 Å². The largest absolute Gasteiger partial charge is 0.390 e. The van der Waals surface area contributed by atoms with E-state index in [9.17, 15) is 10.2 Å². The standard InChI is InChI=1S/C10H16N2O2/c1-10(2,3)9(14)8(13)7-4-11-6-12-5-7/h4-6,8-9,13-14H,1-3H3. The molecule has 0 aromatic carbocycles. The zero-order valence-electron chi connectivity index (χ0n) is 8.68.